The van der Waals surface area contributed by atoms with Crippen LogP contribution >= 0.6 is 0 Å². The Morgan fingerprint density at radius 1 is 0.571 bits per heavy atom. The van der Waals surface area contributed by atoms with E-state index in [4.69, 9.17) is 0 Å². The quantitative estimate of drug-likeness (QED) is 0.596. The molecule has 0 aliphatic heterocycles. The first-order valence-electron chi connectivity index (χ1n) is 8.35. The van der Waals surface area contributed by atoms with E-state index in [1.54, 1.807) is 0 Å². The lowest BCUT2D eigenvalue weighted by Crippen LogP contribution is -2.27. The van der Waals surface area contributed by atoms with Crippen LogP contribution in [0.25, 0.3) is 0 Å². The summed E-state index contributed by atoms with van der Waals surface area (Å²) in [5.74, 6) is 0. The molecule has 1 fully saturated rings. The molecule has 1 aliphatic carbocycles. The Hall–Kier alpha value is -1.56. The van der Waals surface area contributed by atoms with Crippen LogP contribution in [0.15, 0.2) is 48.5 Å². The Bertz CT molecular complexity index is 519. The van der Waals surface area contributed by atoms with Crippen molar-refractivity contribution in [2.24, 2.45) is 0 Å². The molecule has 0 heterocycles. The molecule has 0 amide bonds. The number of benzene rings is 2. The van der Waals surface area contributed by atoms with E-state index in [0.29, 0.717) is 0 Å². The highest BCUT2D eigenvalue weighted by Gasteiger charge is 2.34. The summed E-state index contributed by atoms with van der Waals surface area (Å²) in [7, 11) is 0. The second-order valence-electron chi connectivity index (χ2n) is 6.73. The van der Waals surface area contributed by atoms with Crippen molar-refractivity contribution < 1.29 is 0 Å². The van der Waals surface area contributed by atoms with E-state index in [2.05, 4.69) is 62.4 Å². The highest BCUT2D eigenvalue weighted by Crippen LogP contribution is 2.43. The minimum atomic E-state index is 0.234. The zero-order valence-corrected chi connectivity index (χ0v) is 13.4. The highest BCUT2D eigenvalue weighted by molar-refractivity contribution is 5.41. The maximum absolute atomic E-state index is 2.36. The maximum Gasteiger partial charge on any atom is 0.0202 e. The van der Waals surface area contributed by atoms with Gasteiger partial charge in [-0.3, -0.25) is 0 Å². The van der Waals surface area contributed by atoms with Gasteiger partial charge < -0.3 is 0 Å². The molecule has 0 atom stereocenters. The van der Waals surface area contributed by atoms with Crippen molar-refractivity contribution >= 4 is 0 Å². The fourth-order valence-corrected chi connectivity index (χ4v) is 3.82. The van der Waals surface area contributed by atoms with Crippen molar-refractivity contribution in [2.75, 3.05) is 0 Å². The lowest BCUT2D eigenvalue weighted by atomic mass is 9.69. The minimum Gasteiger partial charge on any atom is -0.0590 e. The lowest BCUT2D eigenvalue weighted by molar-refractivity contribution is 0.445. The molecule has 0 N–H and O–H groups in total. The van der Waals surface area contributed by atoms with E-state index < -0.39 is 0 Å². The molecule has 1 saturated carbocycles. The van der Waals surface area contributed by atoms with Gasteiger partial charge in [0.2, 0.25) is 0 Å². The molecular formula is C21H26. The summed E-state index contributed by atoms with van der Waals surface area (Å²) < 4.78 is 0. The third-order valence-corrected chi connectivity index (χ3v) is 5.17. The maximum atomic E-state index is 2.36. The fraction of sp³-hybridized carbons (Fsp3) is 0.429. The molecule has 21 heavy (non-hydrogen) atoms. The average Bonchev–Trinajstić information content (AvgIpc) is 2.75. The molecule has 0 aromatic heterocycles. The smallest absolute Gasteiger partial charge is 0.0202 e. The molecule has 0 radical (unpaired) electrons. The summed E-state index contributed by atoms with van der Waals surface area (Å²) in [4.78, 5) is 0. The third kappa shape index (κ3) is 2.90. The van der Waals surface area contributed by atoms with Gasteiger partial charge in [0, 0.05) is 5.41 Å². The molecule has 110 valence electrons. The average molecular weight is 278 g/mol. The van der Waals surface area contributed by atoms with Gasteiger partial charge in [-0.25, -0.2) is 0 Å². The van der Waals surface area contributed by atoms with Crippen molar-refractivity contribution in [3.8, 4) is 0 Å². The van der Waals surface area contributed by atoms with Crippen LogP contribution in [0.2, 0.25) is 0 Å². The van der Waals surface area contributed by atoms with E-state index in [1.807, 2.05) is 0 Å². The molecule has 2 aromatic rings. The first-order chi connectivity index (χ1) is 10.2. The van der Waals surface area contributed by atoms with Crippen molar-refractivity contribution in [2.45, 2.75) is 57.8 Å². The number of rotatable bonds is 2. The molecule has 2 aromatic carbocycles. The first kappa shape index (κ1) is 14.4. The Kier molecular flexibility index (Phi) is 4.14. The Balaban J connectivity index is 2.09. The van der Waals surface area contributed by atoms with Crippen molar-refractivity contribution in [1.82, 2.24) is 0 Å². The third-order valence-electron chi connectivity index (χ3n) is 5.17. The van der Waals surface area contributed by atoms with Gasteiger partial charge in [-0.15, -0.1) is 0 Å². The second kappa shape index (κ2) is 6.05. The number of hydrogen-bond donors (Lipinski definition) is 0. The van der Waals surface area contributed by atoms with Gasteiger partial charge in [0.15, 0.2) is 0 Å². The predicted molar refractivity (Wildman–Crippen MR) is 90.8 cm³/mol. The van der Waals surface area contributed by atoms with Crippen LogP contribution in [0.5, 0.6) is 0 Å². The van der Waals surface area contributed by atoms with E-state index in [-0.39, 0.29) is 5.41 Å². The van der Waals surface area contributed by atoms with Gasteiger partial charge in [0.1, 0.15) is 0 Å². The summed E-state index contributed by atoms with van der Waals surface area (Å²) in [6.07, 6.45) is 8.06. The SMILES string of the molecule is Cc1ccc(C2(c3ccc(C)cc3)CCCCCC2)cc1. The Morgan fingerprint density at radius 2 is 0.952 bits per heavy atom. The van der Waals surface area contributed by atoms with Gasteiger partial charge >= 0.3 is 0 Å². The van der Waals surface area contributed by atoms with Crippen LogP contribution in [-0.4, -0.2) is 0 Å². The van der Waals surface area contributed by atoms with Crippen molar-refractivity contribution in [3.63, 3.8) is 0 Å². The van der Waals surface area contributed by atoms with Crippen LogP contribution in [0.1, 0.15) is 60.8 Å². The van der Waals surface area contributed by atoms with Crippen molar-refractivity contribution in [1.29, 1.82) is 0 Å². The second-order valence-corrected chi connectivity index (χ2v) is 6.73. The molecule has 1 aliphatic rings. The molecule has 3 rings (SSSR count). The number of aryl methyl sites for hydroxylation is 2. The fourth-order valence-electron chi connectivity index (χ4n) is 3.82. The molecule has 0 saturated heterocycles. The Labute approximate surface area is 129 Å². The topological polar surface area (TPSA) is 0 Å². The predicted octanol–water partition coefficient (Wildman–Crippen LogP) is 5.94. The zero-order chi connectivity index (χ0) is 14.7. The molecule has 0 nitrogen and oxygen atoms in total. The largest absolute Gasteiger partial charge is 0.0590 e. The summed E-state index contributed by atoms with van der Waals surface area (Å²) in [5, 5.41) is 0. The zero-order valence-electron chi connectivity index (χ0n) is 13.4. The van der Waals surface area contributed by atoms with Gasteiger partial charge in [-0.2, -0.15) is 0 Å². The summed E-state index contributed by atoms with van der Waals surface area (Å²) in [5.41, 5.74) is 5.97. The van der Waals surface area contributed by atoms with Gasteiger partial charge in [0.25, 0.3) is 0 Å². The Morgan fingerprint density at radius 3 is 1.33 bits per heavy atom. The molecule has 0 unspecified atom stereocenters. The van der Waals surface area contributed by atoms with Crippen LogP contribution in [0.4, 0.5) is 0 Å². The standard InChI is InChI=1S/C21H26/c1-17-7-11-19(12-8-17)21(15-5-3-4-6-16-21)20-13-9-18(2)10-14-20/h7-14H,3-6,15-16H2,1-2H3. The van der Waals surface area contributed by atoms with Crippen LogP contribution in [-0.2, 0) is 5.41 Å². The molecule has 0 heteroatoms. The molecule has 0 bridgehead atoms. The van der Waals surface area contributed by atoms with Gasteiger partial charge in [0.05, 0.1) is 0 Å². The highest BCUT2D eigenvalue weighted by atomic mass is 14.4. The van der Waals surface area contributed by atoms with E-state index in [9.17, 15) is 0 Å². The van der Waals surface area contributed by atoms with E-state index in [0.717, 1.165) is 0 Å². The van der Waals surface area contributed by atoms with Gasteiger partial charge in [-0.1, -0.05) is 85.3 Å². The molecular weight excluding hydrogens is 252 g/mol. The number of hydrogen-bond acceptors (Lipinski definition) is 0. The van der Waals surface area contributed by atoms with E-state index in [1.165, 1.54) is 60.8 Å². The minimum absolute atomic E-state index is 0.234. The van der Waals surface area contributed by atoms with Crippen LogP contribution in [0.3, 0.4) is 0 Å². The van der Waals surface area contributed by atoms with Crippen molar-refractivity contribution in [3.05, 3.63) is 70.8 Å². The summed E-state index contributed by atoms with van der Waals surface area (Å²) in [6.45, 7) is 4.35. The van der Waals surface area contributed by atoms with Crippen LogP contribution in [0, 0.1) is 13.8 Å². The lowest BCUT2D eigenvalue weighted by Gasteiger charge is -2.34. The van der Waals surface area contributed by atoms with E-state index >= 15 is 0 Å². The first-order valence-corrected chi connectivity index (χ1v) is 8.35. The van der Waals surface area contributed by atoms with Gasteiger partial charge in [-0.05, 0) is 37.8 Å². The summed E-state index contributed by atoms with van der Waals surface area (Å²) in [6, 6.07) is 18.5. The normalized spacial score (nSPS) is 18.2. The molecule has 0 spiro atoms. The van der Waals surface area contributed by atoms with Crippen LogP contribution < -0.4 is 0 Å². The summed E-state index contributed by atoms with van der Waals surface area (Å²) >= 11 is 0. The monoisotopic (exact) mass is 278 g/mol.